The maximum Gasteiger partial charge on any atom is 0.0567 e. The van der Waals surface area contributed by atoms with Crippen molar-refractivity contribution in [2.75, 3.05) is 0 Å². The van der Waals surface area contributed by atoms with Gasteiger partial charge >= 0.3 is 0 Å². The van der Waals surface area contributed by atoms with Crippen LogP contribution in [0.15, 0.2) is 9.47 Å². The van der Waals surface area contributed by atoms with E-state index in [-0.39, 0.29) is 0 Å². The molecule has 1 rings (SSSR count). The first-order valence-corrected chi connectivity index (χ1v) is 4.64. The van der Waals surface area contributed by atoms with Crippen LogP contribution in [0.3, 0.4) is 0 Å². The van der Waals surface area contributed by atoms with Gasteiger partial charge in [-0.25, -0.2) is 0 Å². The lowest BCUT2D eigenvalue weighted by Gasteiger charge is -1.95. The Morgan fingerprint density at radius 3 is 2.11 bits per heavy atom. The summed E-state index contributed by atoms with van der Waals surface area (Å²) >= 11 is 6.69. The van der Waals surface area contributed by atoms with Gasteiger partial charge in [0.2, 0.25) is 0 Å². The second kappa shape index (κ2) is 2.39. The first kappa shape index (κ1) is 7.80. The van der Waals surface area contributed by atoms with Gasteiger partial charge in [0.05, 0.1) is 3.39 Å². The molecular weight excluding hydrogens is 244 g/mol. The Morgan fingerprint density at radius 1 is 1.56 bits per heavy atom. The molecule has 0 spiro atoms. The molecule has 1 atom stereocenters. The first-order valence-electron chi connectivity index (χ1n) is 3.05. The first-order chi connectivity index (χ1) is 4.02. The van der Waals surface area contributed by atoms with Crippen molar-refractivity contribution < 1.29 is 0 Å². The molecule has 0 aromatic carbocycles. The van der Waals surface area contributed by atoms with Crippen LogP contribution in [-0.2, 0) is 0 Å². The molecule has 0 nitrogen and oxygen atoms in total. The van der Waals surface area contributed by atoms with Crippen molar-refractivity contribution in [3.05, 3.63) is 9.47 Å². The monoisotopic (exact) mass is 252 g/mol. The molecule has 2 heteroatoms. The predicted molar refractivity (Wildman–Crippen MR) is 47.8 cm³/mol. The van der Waals surface area contributed by atoms with E-state index in [9.17, 15) is 0 Å². The molecule has 52 valence electrons. The van der Waals surface area contributed by atoms with Gasteiger partial charge in [-0.15, -0.1) is 0 Å². The van der Waals surface area contributed by atoms with Crippen LogP contribution in [0.25, 0.3) is 0 Å². The van der Waals surface area contributed by atoms with E-state index in [1.54, 1.807) is 0 Å². The van der Waals surface area contributed by atoms with Crippen LogP contribution < -0.4 is 0 Å². The summed E-state index contributed by atoms with van der Waals surface area (Å²) in [6.45, 7) is 4.58. The smallest absolute Gasteiger partial charge is 0.0567 e. The van der Waals surface area contributed by atoms with Gasteiger partial charge in [-0.1, -0.05) is 19.9 Å². The van der Waals surface area contributed by atoms with Crippen molar-refractivity contribution in [1.29, 1.82) is 0 Å². The van der Waals surface area contributed by atoms with Crippen molar-refractivity contribution in [3.63, 3.8) is 0 Å². The van der Waals surface area contributed by atoms with E-state index in [1.165, 1.54) is 6.42 Å². The van der Waals surface area contributed by atoms with Gasteiger partial charge in [0.1, 0.15) is 0 Å². The van der Waals surface area contributed by atoms with Crippen LogP contribution >= 0.6 is 31.9 Å². The molecule has 0 N–H and O–H groups in total. The summed E-state index contributed by atoms with van der Waals surface area (Å²) in [7, 11) is 0. The second-order valence-corrected chi connectivity index (χ2v) is 6.03. The van der Waals surface area contributed by atoms with Gasteiger partial charge in [-0.05, 0) is 49.6 Å². The molecule has 1 aliphatic carbocycles. The maximum absolute atomic E-state index is 3.34. The van der Waals surface area contributed by atoms with E-state index in [2.05, 4.69) is 51.8 Å². The second-order valence-electron chi connectivity index (χ2n) is 3.26. The molecular formula is C7H10Br2. The average Bonchev–Trinajstić information content (AvgIpc) is 2.10. The minimum absolute atomic E-state index is 0.562. The van der Waals surface area contributed by atoms with Gasteiger partial charge in [0.15, 0.2) is 0 Å². The molecule has 0 radical (unpaired) electrons. The lowest BCUT2D eigenvalue weighted by Crippen LogP contribution is -1.85. The minimum Gasteiger partial charge on any atom is -0.0595 e. The third kappa shape index (κ3) is 2.08. The highest BCUT2D eigenvalue weighted by Gasteiger charge is 2.43. The molecule has 9 heavy (non-hydrogen) atoms. The Balaban J connectivity index is 2.45. The molecule has 1 fully saturated rings. The van der Waals surface area contributed by atoms with E-state index in [0.29, 0.717) is 5.41 Å². The van der Waals surface area contributed by atoms with E-state index < -0.39 is 0 Å². The lowest BCUT2D eigenvalue weighted by molar-refractivity contribution is 0.610. The van der Waals surface area contributed by atoms with Crippen LogP contribution in [-0.4, -0.2) is 0 Å². The topological polar surface area (TPSA) is 0 Å². The predicted octanol–water partition coefficient (Wildman–Crippen LogP) is 3.66. The number of rotatable bonds is 1. The minimum atomic E-state index is 0.562. The zero-order chi connectivity index (χ0) is 7.07. The van der Waals surface area contributed by atoms with Gasteiger partial charge in [-0.2, -0.15) is 0 Å². The highest BCUT2D eigenvalue weighted by atomic mass is 79.9. The summed E-state index contributed by atoms with van der Waals surface area (Å²) in [5.74, 6) is 0.784. The van der Waals surface area contributed by atoms with Crippen molar-refractivity contribution in [2.24, 2.45) is 11.3 Å². The van der Waals surface area contributed by atoms with Crippen molar-refractivity contribution in [1.82, 2.24) is 0 Å². The number of halogens is 2. The zero-order valence-electron chi connectivity index (χ0n) is 5.62. The molecule has 0 saturated heterocycles. The Labute approximate surface area is 73.0 Å². The number of hydrogen-bond acceptors (Lipinski definition) is 0. The molecule has 0 aliphatic heterocycles. The number of hydrogen-bond donors (Lipinski definition) is 0. The third-order valence-corrected chi connectivity index (χ3v) is 2.45. The zero-order valence-corrected chi connectivity index (χ0v) is 8.79. The normalized spacial score (nSPS) is 29.6. The summed E-state index contributed by atoms with van der Waals surface area (Å²) in [6, 6.07) is 0. The fourth-order valence-electron chi connectivity index (χ4n) is 0.944. The summed E-state index contributed by atoms with van der Waals surface area (Å²) in [5, 5.41) is 0. The molecule has 0 aromatic heterocycles. The molecule has 0 amide bonds. The lowest BCUT2D eigenvalue weighted by atomic mass is 10.1. The molecule has 1 unspecified atom stereocenters. The van der Waals surface area contributed by atoms with E-state index in [1.807, 2.05) is 0 Å². The summed E-state index contributed by atoms with van der Waals surface area (Å²) < 4.78 is 1.09. The van der Waals surface area contributed by atoms with E-state index >= 15 is 0 Å². The van der Waals surface area contributed by atoms with E-state index in [0.717, 1.165) is 9.31 Å². The summed E-state index contributed by atoms with van der Waals surface area (Å²) in [6.07, 6.45) is 3.55. The largest absolute Gasteiger partial charge is 0.0595 e. The Bertz CT molecular complexity index is 143. The third-order valence-electron chi connectivity index (χ3n) is 1.92. The van der Waals surface area contributed by atoms with Crippen LogP contribution in [0, 0.1) is 11.3 Å². The standard InChI is InChI=1S/C7H10Br2/c1-7(2)4-5(7)3-6(8)9/h3,5H,4H2,1-2H3. The highest BCUT2D eigenvalue weighted by Crippen LogP contribution is 2.53. The van der Waals surface area contributed by atoms with Crippen LogP contribution in [0.1, 0.15) is 20.3 Å². The molecule has 1 saturated carbocycles. The quantitative estimate of drug-likeness (QED) is 0.669. The molecule has 0 heterocycles. The fraction of sp³-hybridized carbons (Fsp3) is 0.714. The van der Waals surface area contributed by atoms with Crippen molar-refractivity contribution in [3.8, 4) is 0 Å². The molecule has 0 bridgehead atoms. The molecule has 1 aliphatic rings. The van der Waals surface area contributed by atoms with Crippen molar-refractivity contribution >= 4 is 31.9 Å². The van der Waals surface area contributed by atoms with E-state index in [4.69, 9.17) is 0 Å². The van der Waals surface area contributed by atoms with Gasteiger partial charge in [0.25, 0.3) is 0 Å². The van der Waals surface area contributed by atoms with Crippen LogP contribution in [0.4, 0.5) is 0 Å². The van der Waals surface area contributed by atoms with Gasteiger partial charge < -0.3 is 0 Å². The highest BCUT2D eigenvalue weighted by molar-refractivity contribution is 9.28. The van der Waals surface area contributed by atoms with Gasteiger partial charge in [0, 0.05) is 0 Å². The Kier molecular flexibility index (Phi) is 2.07. The van der Waals surface area contributed by atoms with Crippen LogP contribution in [0.2, 0.25) is 0 Å². The maximum atomic E-state index is 3.34. The summed E-state index contributed by atoms with van der Waals surface area (Å²) in [5.41, 5.74) is 0.562. The fourth-order valence-corrected chi connectivity index (χ4v) is 1.58. The van der Waals surface area contributed by atoms with Crippen LogP contribution in [0.5, 0.6) is 0 Å². The average molecular weight is 254 g/mol. The Morgan fingerprint density at radius 2 is 2.00 bits per heavy atom. The SMILES string of the molecule is CC1(C)CC1C=C(Br)Br. The van der Waals surface area contributed by atoms with Crippen molar-refractivity contribution in [2.45, 2.75) is 20.3 Å². The van der Waals surface area contributed by atoms with Gasteiger partial charge in [-0.3, -0.25) is 0 Å². The molecule has 0 aromatic rings. The summed E-state index contributed by atoms with van der Waals surface area (Å²) in [4.78, 5) is 0. The Hall–Kier alpha value is 0.700. The number of allylic oxidation sites excluding steroid dienone is 1.